The quantitative estimate of drug-likeness (QED) is 0.771. The highest BCUT2D eigenvalue weighted by atomic mass is 16.7. The molecule has 1 saturated heterocycles. The minimum absolute atomic E-state index is 0.137. The summed E-state index contributed by atoms with van der Waals surface area (Å²) in [6.07, 6.45) is -1.15. The van der Waals surface area contributed by atoms with Gasteiger partial charge in [-0.25, -0.2) is 0 Å². The van der Waals surface area contributed by atoms with Crippen LogP contribution in [0.3, 0.4) is 0 Å². The molecule has 21 heavy (non-hydrogen) atoms. The minimum Gasteiger partial charge on any atom is -0.460 e. The summed E-state index contributed by atoms with van der Waals surface area (Å²) in [6.45, 7) is 7.70. The fourth-order valence-electron chi connectivity index (χ4n) is 2.56. The van der Waals surface area contributed by atoms with Gasteiger partial charge in [0.1, 0.15) is 12.1 Å². The lowest BCUT2D eigenvalue weighted by Crippen LogP contribution is -2.62. The summed E-state index contributed by atoms with van der Waals surface area (Å²) < 4.78 is 16.2. The number of hydrogen-bond donors (Lipinski definition) is 1. The van der Waals surface area contributed by atoms with Crippen molar-refractivity contribution in [3.8, 4) is 0 Å². The molecule has 1 amide bonds. The molecule has 7 nitrogen and oxygen atoms in total. The topological polar surface area (TPSA) is 90.9 Å². The molecule has 7 heteroatoms. The van der Waals surface area contributed by atoms with Gasteiger partial charge in [-0.3, -0.25) is 14.4 Å². The Bertz CT molecular complexity index is 410. The van der Waals surface area contributed by atoms with E-state index in [0.29, 0.717) is 6.42 Å². The zero-order valence-electron chi connectivity index (χ0n) is 13.0. The molecular weight excluding hydrogens is 278 g/mol. The summed E-state index contributed by atoms with van der Waals surface area (Å²) >= 11 is 0. The normalized spacial score (nSPS) is 32.1. The molecule has 1 unspecified atom stereocenters. The Morgan fingerprint density at radius 1 is 1.10 bits per heavy atom. The van der Waals surface area contributed by atoms with Crippen molar-refractivity contribution >= 4 is 17.8 Å². The first-order chi connectivity index (χ1) is 9.76. The zero-order chi connectivity index (χ0) is 16.2. The minimum atomic E-state index is -0.975. The Labute approximate surface area is 124 Å². The van der Waals surface area contributed by atoms with Gasteiger partial charge < -0.3 is 19.5 Å². The summed E-state index contributed by atoms with van der Waals surface area (Å²) in [7, 11) is 0. The number of ether oxygens (including phenoxy) is 3. The van der Waals surface area contributed by atoms with Crippen LogP contribution in [0.4, 0.5) is 0 Å². The third-order valence-corrected chi connectivity index (χ3v) is 3.42. The second kappa shape index (κ2) is 7.40. The fourth-order valence-corrected chi connectivity index (χ4v) is 2.56. The van der Waals surface area contributed by atoms with Crippen molar-refractivity contribution in [2.45, 2.75) is 65.6 Å². The molecule has 0 aromatic rings. The fraction of sp³-hybridized carbons (Fsp3) is 0.786. The van der Waals surface area contributed by atoms with Crippen LogP contribution in [0.5, 0.6) is 0 Å². The number of rotatable bonds is 4. The molecule has 1 aliphatic heterocycles. The van der Waals surface area contributed by atoms with E-state index in [9.17, 15) is 14.4 Å². The lowest BCUT2D eigenvalue weighted by molar-refractivity contribution is -0.246. The molecule has 0 aromatic heterocycles. The first kappa shape index (κ1) is 17.4. The first-order valence-corrected chi connectivity index (χ1v) is 7.03. The van der Waals surface area contributed by atoms with Crippen LogP contribution in [-0.4, -0.2) is 42.4 Å². The summed E-state index contributed by atoms with van der Waals surface area (Å²) in [5, 5.41) is 2.65. The molecule has 0 bridgehead atoms. The van der Waals surface area contributed by atoms with E-state index in [1.165, 1.54) is 20.8 Å². The lowest BCUT2D eigenvalue weighted by atomic mass is 9.87. The summed E-state index contributed by atoms with van der Waals surface area (Å²) in [5.74, 6) is -1.44. The van der Waals surface area contributed by atoms with Crippen LogP contribution in [-0.2, 0) is 28.6 Å². The average Bonchev–Trinajstić information content (AvgIpc) is 2.35. The highest BCUT2D eigenvalue weighted by Crippen LogP contribution is 2.30. The molecule has 5 atom stereocenters. The van der Waals surface area contributed by atoms with Crippen LogP contribution in [0.25, 0.3) is 0 Å². The van der Waals surface area contributed by atoms with Crippen molar-refractivity contribution in [2.24, 2.45) is 5.92 Å². The van der Waals surface area contributed by atoms with Crippen LogP contribution in [0.15, 0.2) is 0 Å². The van der Waals surface area contributed by atoms with Gasteiger partial charge in [0.25, 0.3) is 0 Å². The van der Waals surface area contributed by atoms with E-state index in [1.54, 1.807) is 0 Å². The van der Waals surface area contributed by atoms with E-state index in [-0.39, 0.29) is 17.9 Å². The van der Waals surface area contributed by atoms with Gasteiger partial charge in [-0.1, -0.05) is 13.8 Å². The smallest absolute Gasteiger partial charge is 0.305 e. The van der Waals surface area contributed by atoms with Crippen molar-refractivity contribution in [2.75, 3.05) is 0 Å². The number of carbonyl (C=O) groups is 3. The summed E-state index contributed by atoms with van der Waals surface area (Å²) in [6, 6.07) is -0.729. The summed E-state index contributed by atoms with van der Waals surface area (Å²) in [4.78, 5) is 33.9. The zero-order valence-corrected chi connectivity index (χ0v) is 13.0. The largest absolute Gasteiger partial charge is 0.460 e. The second-order valence-electron chi connectivity index (χ2n) is 5.22. The molecular formula is C14H23NO6. The molecule has 1 aliphatic rings. The van der Waals surface area contributed by atoms with Gasteiger partial charge in [0.15, 0.2) is 0 Å². The highest BCUT2D eigenvalue weighted by molar-refractivity contribution is 5.73. The van der Waals surface area contributed by atoms with E-state index in [2.05, 4.69) is 5.32 Å². The van der Waals surface area contributed by atoms with E-state index in [4.69, 9.17) is 14.2 Å². The monoisotopic (exact) mass is 301 g/mol. The lowest BCUT2D eigenvalue weighted by Gasteiger charge is -2.44. The van der Waals surface area contributed by atoms with Crippen LogP contribution >= 0.6 is 0 Å². The van der Waals surface area contributed by atoms with Gasteiger partial charge >= 0.3 is 11.9 Å². The Morgan fingerprint density at radius 2 is 1.67 bits per heavy atom. The maximum Gasteiger partial charge on any atom is 0.305 e. The molecule has 1 heterocycles. The van der Waals surface area contributed by atoms with Gasteiger partial charge in [0, 0.05) is 26.7 Å². The maximum atomic E-state index is 11.4. The van der Waals surface area contributed by atoms with Gasteiger partial charge in [-0.15, -0.1) is 0 Å². The number of nitrogens with one attached hydrogen (secondary N) is 1. The molecule has 1 N–H and O–H groups in total. The molecule has 0 spiro atoms. The predicted octanol–water partition coefficient (Wildman–Crippen LogP) is 0.757. The van der Waals surface area contributed by atoms with Crippen LogP contribution in [0.1, 0.15) is 41.0 Å². The van der Waals surface area contributed by atoms with E-state index in [0.717, 1.165) is 0 Å². The molecule has 1 fully saturated rings. The molecule has 120 valence electrons. The first-order valence-electron chi connectivity index (χ1n) is 7.03. The van der Waals surface area contributed by atoms with Crippen molar-refractivity contribution < 1.29 is 28.6 Å². The second-order valence-corrected chi connectivity index (χ2v) is 5.22. The van der Waals surface area contributed by atoms with Crippen LogP contribution < -0.4 is 5.32 Å². The number of hydrogen-bond acceptors (Lipinski definition) is 6. The Hall–Kier alpha value is -1.63. The van der Waals surface area contributed by atoms with Gasteiger partial charge in [-0.2, -0.15) is 0 Å². The summed E-state index contributed by atoms with van der Waals surface area (Å²) in [5.41, 5.74) is 0. The molecule has 0 radical (unpaired) electrons. The van der Waals surface area contributed by atoms with Crippen molar-refractivity contribution in [3.05, 3.63) is 0 Å². The molecule has 0 aliphatic carbocycles. The third-order valence-electron chi connectivity index (χ3n) is 3.42. The Morgan fingerprint density at radius 3 is 2.10 bits per heavy atom. The van der Waals surface area contributed by atoms with Gasteiger partial charge in [0.2, 0.25) is 12.2 Å². The molecule has 0 aromatic carbocycles. The number of carbonyl (C=O) groups excluding carboxylic acids is 3. The SMILES string of the molecule is CC[C@H]1OC(OC(C)=O)[C@H](NC(C)=O)[C@@H](OC(C)=O)[C@@H]1C. The molecule has 0 saturated carbocycles. The number of amides is 1. The Balaban J connectivity index is 3.05. The van der Waals surface area contributed by atoms with Crippen molar-refractivity contribution in [1.29, 1.82) is 0 Å². The van der Waals surface area contributed by atoms with E-state index in [1.807, 2.05) is 13.8 Å². The van der Waals surface area contributed by atoms with Crippen molar-refractivity contribution in [1.82, 2.24) is 5.32 Å². The van der Waals surface area contributed by atoms with Crippen molar-refractivity contribution in [3.63, 3.8) is 0 Å². The molecule has 1 rings (SSSR count). The standard InChI is InChI=1S/C14H23NO6/c1-6-11-7(2)13(19-9(4)17)12(15-8(3)16)14(21-11)20-10(5)18/h7,11-14H,6H2,1-5H3,(H,15,16)/t7-,11-,12-,13+,14?/m1/s1. The Kier molecular flexibility index (Phi) is 6.14. The average molecular weight is 301 g/mol. The third kappa shape index (κ3) is 4.70. The van der Waals surface area contributed by atoms with Crippen LogP contribution in [0.2, 0.25) is 0 Å². The van der Waals surface area contributed by atoms with E-state index < -0.39 is 30.4 Å². The van der Waals surface area contributed by atoms with Gasteiger partial charge in [-0.05, 0) is 6.42 Å². The highest BCUT2D eigenvalue weighted by Gasteiger charge is 2.47. The number of esters is 2. The van der Waals surface area contributed by atoms with E-state index >= 15 is 0 Å². The van der Waals surface area contributed by atoms with Crippen LogP contribution in [0, 0.1) is 5.92 Å². The predicted molar refractivity (Wildman–Crippen MR) is 73.0 cm³/mol. The maximum absolute atomic E-state index is 11.4. The van der Waals surface area contributed by atoms with Gasteiger partial charge in [0.05, 0.1) is 6.10 Å².